The molecule has 40 heavy (non-hydrogen) atoms. The fourth-order valence-corrected chi connectivity index (χ4v) is 6.90. The summed E-state index contributed by atoms with van der Waals surface area (Å²) in [5, 5.41) is 37.0. The second-order valence-corrected chi connectivity index (χ2v) is 11.7. The monoisotopic (exact) mass is 650 g/mol. The number of rotatable bonds is 7. The maximum absolute atomic E-state index is 6.58. The van der Waals surface area contributed by atoms with Crippen LogP contribution in [0.1, 0.15) is 0 Å². The molecule has 0 radical (unpaired) electrons. The summed E-state index contributed by atoms with van der Waals surface area (Å²) in [5.74, 6) is 0.773. The average Bonchev–Trinajstić information content (AvgIpc) is 3.73. The average molecular weight is 652 g/mol. The van der Waals surface area contributed by atoms with Crippen molar-refractivity contribution in [1.29, 1.82) is 0 Å². The largest absolute Gasteiger partial charge is 0.224 e. The van der Waals surface area contributed by atoms with Gasteiger partial charge in [-0.05, 0) is 56.3 Å². The standard InChI is InChI=1S/C22H14Cl4N12S2/c1-35-31-19(29-33-35)11-9-27-37(15-7-3-5-13(23)17(15)25)21(11)39-40-22-12(20-30-34-36(2)32-20)10-28-38(22)16-8-4-6-14(24)18(16)26/h3-10H,1-2H3. The first-order valence-electron chi connectivity index (χ1n) is 11.2. The van der Waals surface area contributed by atoms with Gasteiger partial charge in [-0.2, -0.15) is 19.8 Å². The lowest BCUT2D eigenvalue weighted by atomic mass is 10.3. The van der Waals surface area contributed by atoms with Crippen LogP contribution < -0.4 is 0 Å². The van der Waals surface area contributed by atoms with Gasteiger partial charge in [0.05, 0.1) is 69.1 Å². The highest BCUT2D eigenvalue weighted by atomic mass is 35.5. The predicted molar refractivity (Wildman–Crippen MR) is 154 cm³/mol. The molecule has 0 unspecified atom stereocenters. The Labute approximate surface area is 253 Å². The quantitative estimate of drug-likeness (QED) is 0.194. The molecular formula is C22H14Cl4N12S2. The molecule has 6 rings (SSSR count). The van der Waals surface area contributed by atoms with Crippen LogP contribution in [0.4, 0.5) is 0 Å². The maximum Gasteiger partial charge on any atom is 0.209 e. The molecule has 0 saturated heterocycles. The third-order valence-electron chi connectivity index (χ3n) is 5.47. The molecule has 0 aliphatic rings. The molecule has 6 aromatic rings. The molecule has 0 saturated carbocycles. The summed E-state index contributed by atoms with van der Waals surface area (Å²) in [6.45, 7) is 0. The van der Waals surface area contributed by atoms with E-state index in [1.165, 1.54) is 31.2 Å². The summed E-state index contributed by atoms with van der Waals surface area (Å²) in [4.78, 5) is 2.74. The van der Waals surface area contributed by atoms with E-state index in [0.29, 0.717) is 64.3 Å². The van der Waals surface area contributed by atoms with Crippen LogP contribution in [-0.2, 0) is 14.1 Å². The molecule has 202 valence electrons. The molecule has 18 heteroatoms. The van der Waals surface area contributed by atoms with E-state index in [9.17, 15) is 0 Å². The summed E-state index contributed by atoms with van der Waals surface area (Å²) >= 11 is 25.8. The number of hydrogen-bond donors (Lipinski definition) is 0. The minimum atomic E-state index is 0.345. The zero-order chi connectivity index (χ0) is 28.0. The highest BCUT2D eigenvalue weighted by Crippen LogP contribution is 2.47. The van der Waals surface area contributed by atoms with Crippen molar-refractivity contribution >= 4 is 68.0 Å². The molecule has 2 aromatic carbocycles. The zero-order valence-electron chi connectivity index (χ0n) is 20.3. The van der Waals surface area contributed by atoms with Gasteiger partial charge in [0, 0.05) is 0 Å². The maximum atomic E-state index is 6.58. The van der Waals surface area contributed by atoms with Crippen LogP contribution in [0.15, 0.2) is 58.8 Å². The van der Waals surface area contributed by atoms with Gasteiger partial charge in [-0.15, -0.1) is 20.4 Å². The van der Waals surface area contributed by atoms with Crippen molar-refractivity contribution in [3.8, 4) is 34.2 Å². The fraction of sp³-hybridized carbons (Fsp3) is 0.0909. The van der Waals surface area contributed by atoms with Crippen molar-refractivity contribution in [3.63, 3.8) is 0 Å². The summed E-state index contributed by atoms with van der Waals surface area (Å²) in [5.41, 5.74) is 2.42. The van der Waals surface area contributed by atoms with Gasteiger partial charge in [-0.3, -0.25) is 0 Å². The molecule has 0 fully saturated rings. The van der Waals surface area contributed by atoms with Crippen molar-refractivity contribution in [2.75, 3.05) is 0 Å². The summed E-state index contributed by atoms with van der Waals surface area (Å²) in [7, 11) is 6.10. The first-order chi connectivity index (χ1) is 19.3. The van der Waals surface area contributed by atoms with Crippen molar-refractivity contribution in [3.05, 3.63) is 68.9 Å². The molecule has 0 N–H and O–H groups in total. The lowest BCUT2D eigenvalue weighted by molar-refractivity contribution is 0.630. The Morgan fingerprint density at radius 3 is 1.43 bits per heavy atom. The zero-order valence-corrected chi connectivity index (χ0v) is 25.0. The number of hydrogen-bond acceptors (Lipinski definition) is 10. The van der Waals surface area contributed by atoms with Crippen LogP contribution in [0.3, 0.4) is 0 Å². The summed E-state index contributed by atoms with van der Waals surface area (Å²) in [6, 6.07) is 10.6. The normalized spacial score (nSPS) is 11.4. The van der Waals surface area contributed by atoms with Crippen molar-refractivity contribution in [1.82, 2.24) is 60.0 Å². The Morgan fingerprint density at radius 1 is 0.625 bits per heavy atom. The van der Waals surface area contributed by atoms with E-state index in [0.717, 1.165) is 0 Å². The molecule has 0 amide bonds. The smallest absolute Gasteiger partial charge is 0.209 e. The van der Waals surface area contributed by atoms with Gasteiger partial charge < -0.3 is 0 Å². The molecule has 0 bridgehead atoms. The van der Waals surface area contributed by atoms with Gasteiger partial charge >= 0.3 is 0 Å². The van der Waals surface area contributed by atoms with Crippen LogP contribution in [-0.4, -0.2) is 60.0 Å². The number of halogens is 4. The Kier molecular flexibility index (Phi) is 7.46. The molecule has 0 spiro atoms. The third kappa shape index (κ3) is 4.95. The fourth-order valence-electron chi connectivity index (χ4n) is 3.66. The Bertz CT molecular complexity index is 1730. The van der Waals surface area contributed by atoms with Crippen LogP contribution in [0, 0.1) is 0 Å². The van der Waals surface area contributed by atoms with E-state index in [1.807, 2.05) is 12.1 Å². The van der Waals surface area contributed by atoms with Gasteiger partial charge in [0.15, 0.2) is 0 Å². The molecular weight excluding hydrogens is 638 g/mol. The molecule has 4 heterocycles. The second kappa shape index (κ2) is 11.0. The first kappa shape index (κ1) is 27.1. The van der Waals surface area contributed by atoms with Gasteiger partial charge in [0.1, 0.15) is 10.1 Å². The van der Waals surface area contributed by atoms with E-state index in [1.54, 1.807) is 60.1 Å². The van der Waals surface area contributed by atoms with E-state index >= 15 is 0 Å². The lowest BCUT2D eigenvalue weighted by Gasteiger charge is -2.13. The number of benzene rings is 2. The second-order valence-electron chi connectivity index (χ2n) is 8.07. The Morgan fingerprint density at radius 2 is 1.05 bits per heavy atom. The number of aryl methyl sites for hydroxylation is 2. The van der Waals surface area contributed by atoms with Gasteiger partial charge in [0.2, 0.25) is 11.6 Å². The van der Waals surface area contributed by atoms with E-state index < -0.39 is 0 Å². The topological polar surface area (TPSA) is 123 Å². The molecule has 12 nitrogen and oxygen atoms in total. The summed E-state index contributed by atoms with van der Waals surface area (Å²) in [6.07, 6.45) is 3.29. The van der Waals surface area contributed by atoms with E-state index in [4.69, 9.17) is 46.4 Å². The number of aromatic nitrogens is 12. The Hall–Kier alpha value is -3.14. The van der Waals surface area contributed by atoms with Crippen molar-refractivity contribution in [2.45, 2.75) is 10.1 Å². The minimum absolute atomic E-state index is 0.345. The van der Waals surface area contributed by atoms with Crippen LogP contribution in [0.25, 0.3) is 34.2 Å². The lowest BCUT2D eigenvalue weighted by Crippen LogP contribution is -2.01. The van der Waals surface area contributed by atoms with E-state index in [-0.39, 0.29) is 0 Å². The van der Waals surface area contributed by atoms with Crippen LogP contribution in [0.5, 0.6) is 0 Å². The SMILES string of the molecule is Cn1nnc(-c2cnn(-c3cccc(Cl)c3Cl)c2SSc2c(-c3nnn(C)n3)cnn2-c2cccc(Cl)c2Cl)n1. The van der Waals surface area contributed by atoms with Gasteiger partial charge in [-0.25, -0.2) is 9.36 Å². The Balaban J connectivity index is 1.49. The summed E-state index contributed by atoms with van der Waals surface area (Å²) < 4.78 is 3.34. The highest BCUT2D eigenvalue weighted by molar-refractivity contribution is 8.76. The van der Waals surface area contributed by atoms with Crippen molar-refractivity contribution < 1.29 is 0 Å². The predicted octanol–water partition coefficient (Wildman–Crippen LogP) is 5.85. The number of nitrogens with zero attached hydrogens (tertiary/aromatic N) is 12. The molecule has 0 atom stereocenters. The molecule has 4 aromatic heterocycles. The molecule has 0 aliphatic heterocycles. The van der Waals surface area contributed by atoms with Crippen LogP contribution in [0.2, 0.25) is 20.1 Å². The highest BCUT2D eigenvalue weighted by Gasteiger charge is 2.25. The van der Waals surface area contributed by atoms with Gasteiger partial charge in [0.25, 0.3) is 0 Å². The van der Waals surface area contributed by atoms with Crippen LogP contribution >= 0.6 is 68.0 Å². The first-order valence-corrected chi connectivity index (χ1v) is 14.9. The van der Waals surface area contributed by atoms with Gasteiger partial charge in [-0.1, -0.05) is 58.5 Å². The van der Waals surface area contributed by atoms with E-state index in [2.05, 4.69) is 41.0 Å². The number of tetrazole rings is 2. The third-order valence-corrected chi connectivity index (χ3v) is 9.47. The minimum Gasteiger partial charge on any atom is -0.224 e. The van der Waals surface area contributed by atoms with Crippen molar-refractivity contribution in [2.24, 2.45) is 14.1 Å². The molecule has 0 aliphatic carbocycles.